The Kier molecular flexibility index (Phi) is 3.74. The van der Waals surface area contributed by atoms with Crippen molar-refractivity contribution in [1.29, 1.82) is 10.7 Å². The van der Waals surface area contributed by atoms with Crippen molar-refractivity contribution in [2.24, 2.45) is 0 Å². The van der Waals surface area contributed by atoms with Gasteiger partial charge in [-0.3, -0.25) is 5.41 Å². The fourth-order valence-electron chi connectivity index (χ4n) is 1.92. The molecular formula is C13H17N3O. The summed E-state index contributed by atoms with van der Waals surface area (Å²) in [6, 6.07) is 3.97. The minimum Gasteiger partial charge on any atom is -0.513 e. The first kappa shape index (κ1) is 13.0. The number of hydrogen-bond donors (Lipinski definition) is 2. The van der Waals surface area contributed by atoms with E-state index in [4.69, 9.17) is 10.7 Å². The fourth-order valence-corrected chi connectivity index (χ4v) is 1.92. The zero-order chi connectivity index (χ0) is 13.2. The van der Waals surface area contributed by atoms with E-state index in [0.717, 1.165) is 5.69 Å². The van der Waals surface area contributed by atoms with E-state index >= 15 is 0 Å². The zero-order valence-corrected chi connectivity index (χ0v) is 10.6. The molecule has 1 heterocycles. The number of nitrogens with one attached hydrogen (secondary N) is 1. The van der Waals surface area contributed by atoms with Crippen molar-refractivity contribution in [2.45, 2.75) is 33.7 Å². The number of aromatic nitrogens is 1. The Bertz CT molecular complexity index is 555. The minimum absolute atomic E-state index is 0.127. The third kappa shape index (κ3) is 2.56. The minimum atomic E-state index is 0.127. The number of nitrogens with zero attached hydrogens (tertiary/aromatic N) is 2. The fraction of sp³-hybridized carbons (Fsp3) is 0.385. The van der Waals surface area contributed by atoms with E-state index in [1.807, 2.05) is 32.9 Å². The maximum atomic E-state index is 9.27. The van der Waals surface area contributed by atoms with Crippen LogP contribution >= 0.6 is 0 Å². The van der Waals surface area contributed by atoms with Gasteiger partial charge >= 0.3 is 0 Å². The topological polar surface area (TPSA) is 72.8 Å². The van der Waals surface area contributed by atoms with E-state index in [-0.39, 0.29) is 22.9 Å². The van der Waals surface area contributed by atoms with Crippen LogP contribution in [0, 0.1) is 23.7 Å². The van der Waals surface area contributed by atoms with Crippen LogP contribution in [0.4, 0.5) is 0 Å². The molecule has 0 aliphatic rings. The summed E-state index contributed by atoms with van der Waals surface area (Å²) < 4.78 is 1.79. The molecule has 0 spiro atoms. The Morgan fingerprint density at radius 3 is 2.59 bits per heavy atom. The molecule has 4 nitrogen and oxygen atoms in total. The number of aryl methyl sites for hydroxylation is 1. The van der Waals surface area contributed by atoms with Gasteiger partial charge in [0.05, 0.1) is 5.76 Å². The average Bonchev–Trinajstić information content (AvgIpc) is 2.15. The Morgan fingerprint density at radius 2 is 2.18 bits per heavy atom. The van der Waals surface area contributed by atoms with Gasteiger partial charge in [0.25, 0.3) is 0 Å². The zero-order valence-electron chi connectivity index (χ0n) is 10.6. The van der Waals surface area contributed by atoms with Gasteiger partial charge in [-0.25, -0.2) is 0 Å². The highest BCUT2D eigenvalue weighted by Crippen LogP contribution is 2.13. The largest absolute Gasteiger partial charge is 0.513 e. The van der Waals surface area contributed by atoms with Crippen LogP contribution in [0.5, 0.6) is 0 Å². The molecule has 1 rings (SSSR count). The van der Waals surface area contributed by atoms with Crippen molar-refractivity contribution < 1.29 is 5.11 Å². The Balaban J connectivity index is 3.66. The molecule has 0 aliphatic heterocycles. The summed E-state index contributed by atoms with van der Waals surface area (Å²) in [6.45, 7) is 7.38. The van der Waals surface area contributed by atoms with E-state index in [1.165, 1.54) is 6.08 Å². The van der Waals surface area contributed by atoms with E-state index in [9.17, 15) is 5.11 Å². The molecule has 2 N–H and O–H groups in total. The molecule has 0 fully saturated rings. The molecule has 1 aromatic rings. The second kappa shape index (κ2) is 4.88. The lowest BCUT2D eigenvalue weighted by Gasteiger charge is -2.17. The third-order valence-electron chi connectivity index (χ3n) is 2.50. The molecule has 90 valence electrons. The number of aliphatic hydroxyl groups is 1. The second-order valence-corrected chi connectivity index (χ2v) is 4.33. The summed E-state index contributed by atoms with van der Waals surface area (Å²) in [5, 5.41) is 26.4. The van der Waals surface area contributed by atoms with Crippen molar-refractivity contribution in [2.75, 3.05) is 0 Å². The van der Waals surface area contributed by atoms with Crippen LogP contribution in [0.25, 0.3) is 6.08 Å². The lowest BCUT2D eigenvalue weighted by Crippen LogP contribution is -2.27. The van der Waals surface area contributed by atoms with Gasteiger partial charge in [0, 0.05) is 17.3 Å². The van der Waals surface area contributed by atoms with Gasteiger partial charge in [-0.1, -0.05) is 0 Å². The summed E-state index contributed by atoms with van der Waals surface area (Å²) >= 11 is 0. The van der Waals surface area contributed by atoms with Crippen molar-refractivity contribution in [1.82, 2.24) is 4.57 Å². The van der Waals surface area contributed by atoms with Crippen LogP contribution < -0.4 is 5.49 Å². The number of hydrogen-bond acceptors (Lipinski definition) is 3. The van der Waals surface area contributed by atoms with Gasteiger partial charge < -0.3 is 9.67 Å². The summed E-state index contributed by atoms with van der Waals surface area (Å²) in [6.07, 6.45) is 1.51. The molecule has 0 bridgehead atoms. The molecule has 0 amide bonds. The molecule has 17 heavy (non-hydrogen) atoms. The lowest BCUT2D eigenvalue weighted by atomic mass is 10.1. The Morgan fingerprint density at radius 1 is 1.59 bits per heavy atom. The van der Waals surface area contributed by atoms with Crippen LogP contribution in [0.1, 0.15) is 43.6 Å². The number of nitriles is 1. The molecule has 1 aromatic heterocycles. The molecule has 0 aromatic carbocycles. The van der Waals surface area contributed by atoms with Crippen molar-refractivity contribution >= 4 is 6.08 Å². The van der Waals surface area contributed by atoms with Crippen LogP contribution in [0.3, 0.4) is 0 Å². The molecule has 0 aliphatic carbocycles. The Labute approximate surface area is 101 Å². The van der Waals surface area contributed by atoms with Crippen molar-refractivity contribution in [3.8, 4) is 6.07 Å². The molecule has 4 heteroatoms. The van der Waals surface area contributed by atoms with E-state index in [1.54, 1.807) is 11.5 Å². The number of aliphatic hydroxyl groups excluding tert-OH is 1. The quantitative estimate of drug-likeness (QED) is 0.768. The first-order valence-electron chi connectivity index (χ1n) is 5.46. The molecule has 0 saturated heterocycles. The highest BCUT2D eigenvalue weighted by molar-refractivity contribution is 5.58. The van der Waals surface area contributed by atoms with Crippen molar-refractivity contribution in [3.05, 3.63) is 34.1 Å². The van der Waals surface area contributed by atoms with Gasteiger partial charge in [-0.15, -0.1) is 0 Å². The summed E-state index contributed by atoms with van der Waals surface area (Å²) in [5.41, 5.74) is 1.97. The van der Waals surface area contributed by atoms with Crippen LogP contribution in [0.2, 0.25) is 0 Å². The first-order chi connectivity index (χ1) is 7.88. The molecule has 0 atom stereocenters. The summed E-state index contributed by atoms with van der Waals surface area (Å²) in [4.78, 5) is 0. The van der Waals surface area contributed by atoms with Crippen LogP contribution in [0.15, 0.2) is 11.8 Å². The first-order valence-corrected chi connectivity index (χ1v) is 5.46. The van der Waals surface area contributed by atoms with Gasteiger partial charge in [0.2, 0.25) is 0 Å². The highest BCUT2D eigenvalue weighted by Gasteiger charge is 2.10. The van der Waals surface area contributed by atoms with Gasteiger partial charge in [0.1, 0.15) is 17.1 Å². The van der Waals surface area contributed by atoms with Crippen LogP contribution in [-0.2, 0) is 0 Å². The SMILES string of the molecule is C/C(O)=C/c1cc(C)n(C(C)C)c(=N)c1C#N. The normalized spacial score (nSPS) is 11.6. The smallest absolute Gasteiger partial charge is 0.143 e. The monoisotopic (exact) mass is 231 g/mol. The maximum Gasteiger partial charge on any atom is 0.143 e. The van der Waals surface area contributed by atoms with Gasteiger partial charge in [-0.05, 0) is 39.8 Å². The van der Waals surface area contributed by atoms with Crippen molar-refractivity contribution in [3.63, 3.8) is 0 Å². The van der Waals surface area contributed by atoms with Crippen LogP contribution in [-0.4, -0.2) is 9.67 Å². The number of allylic oxidation sites excluding steroid dienone is 1. The van der Waals surface area contributed by atoms with Gasteiger partial charge in [-0.2, -0.15) is 5.26 Å². The molecule has 0 unspecified atom stereocenters. The molecule has 0 radical (unpaired) electrons. The van der Waals surface area contributed by atoms with E-state index < -0.39 is 0 Å². The summed E-state index contributed by atoms with van der Waals surface area (Å²) in [5.74, 6) is 0.127. The molecule has 0 saturated carbocycles. The average molecular weight is 231 g/mol. The standard InChI is InChI=1S/C13H17N3O/c1-8(2)16-9(3)5-11(6-10(4)17)12(7-14)13(16)15/h5-6,8,15,17H,1-4H3/b10-6-,15-13?. The predicted molar refractivity (Wildman–Crippen MR) is 66.4 cm³/mol. The van der Waals surface area contributed by atoms with E-state index in [0.29, 0.717) is 5.56 Å². The summed E-state index contributed by atoms with van der Waals surface area (Å²) in [7, 11) is 0. The highest BCUT2D eigenvalue weighted by atomic mass is 16.3. The predicted octanol–water partition coefficient (Wildman–Crippen LogP) is 2.65. The van der Waals surface area contributed by atoms with Gasteiger partial charge in [0.15, 0.2) is 0 Å². The number of rotatable bonds is 2. The van der Waals surface area contributed by atoms with E-state index in [2.05, 4.69) is 0 Å². The Hall–Kier alpha value is -2.02. The lowest BCUT2D eigenvalue weighted by molar-refractivity contribution is 0.420. The molecular weight excluding hydrogens is 214 g/mol. The maximum absolute atomic E-state index is 9.27. The second-order valence-electron chi connectivity index (χ2n) is 4.33. The number of pyridine rings is 1. The third-order valence-corrected chi connectivity index (χ3v) is 2.50.